The molecule has 0 saturated carbocycles. The van der Waals surface area contributed by atoms with E-state index >= 15 is 0 Å². The average molecular weight is 234 g/mol. The first-order valence-corrected chi connectivity index (χ1v) is 6.35. The number of fused-ring (bicyclic) bond motifs is 3. The first-order valence-electron chi connectivity index (χ1n) is 5.47. The van der Waals surface area contributed by atoms with Gasteiger partial charge < -0.3 is 14.9 Å². The predicted octanol–water partition coefficient (Wildman–Crippen LogP) is 2.40. The Bertz CT molecular complexity index is 446. The number of nitrogens with zero attached hydrogens (tertiary/aromatic N) is 2. The molecule has 2 heterocycles. The number of rotatable bonds is 2. The minimum absolute atomic E-state index is 0.0851. The number of thioether (sulfide) groups is 1. The summed E-state index contributed by atoms with van der Waals surface area (Å²) in [5.74, 6) is 0. The van der Waals surface area contributed by atoms with Crippen LogP contribution in [0.25, 0.3) is 0 Å². The maximum Gasteiger partial charge on any atom is 0.160 e. The number of hydrogen-bond acceptors (Lipinski definition) is 4. The van der Waals surface area contributed by atoms with E-state index in [-0.39, 0.29) is 12.2 Å². The van der Waals surface area contributed by atoms with Gasteiger partial charge in [-0.3, -0.25) is 0 Å². The maximum atomic E-state index is 9.44. The second-order valence-electron chi connectivity index (χ2n) is 3.90. The fraction of sp³-hybridized carbons (Fsp3) is 0.333. The van der Waals surface area contributed by atoms with Crippen molar-refractivity contribution < 1.29 is 5.11 Å². The van der Waals surface area contributed by atoms with Crippen LogP contribution in [0.1, 0.15) is 13.3 Å². The molecule has 2 aliphatic rings. The normalized spacial score (nSPS) is 22.1. The summed E-state index contributed by atoms with van der Waals surface area (Å²) in [4.78, 5) is 5.58. The van der Waals surface area contributed by atoms with Crippen LogP contribution in [-0.4, -0.2) is 22.2 Å². The van der Waals surface area contributed by atoms with E-state index in [1.807, 2.05) is 4.90 Å². The molecule has 1 unspecified atom stereocenters. The number of para-hydroxylation sites is 1. The summed E-state index contributed by atoms with van der Waals surface area (Å²) >= 11 is 1.80. The van der Waals surface area contributed by atoms with Crippen molar-refractivity contribution in [1.82, 2.24) is 4.90 Å². The number of aliphatic hydroxyl groups is 1. The number of anilines is 1. The van der Waals surface area contributed by atoms with E-state index in [0.717, 1.165) is 6.42 Å². The number of aliphatic hydroxyl groups excluding tert-OH is 1. The maximum absolute atomic E-state index is 9.44. The topological polar surface area (TPSA) is 26.7 Å². The second-order valence-corrected chi connectivity index (χ2v) is 5.00. The minimum Gasteiger partial charge on any atom is -0.376 e. The lowest BCUT2D eigenvalue weighted by Crippen LogP contribution is -2.34. The van der Waals surface area contributed by atoms with Crippen LogP contribution in [0, 0.1) is 0 Å². The molecule has 16 heavy (non-hydrogen) atoms. The third kappa shape index (κ3) is 1.26. The van der Waals surface area contributed by atoms with Crippen LogP contribution in [0.5, 0.6) is 0 Å². The molecular formula is C12H14N2OS. The van der Waals surface area contributed by atoms with Gasteiger partial charge in [0.1, 0.15) is 6.73 Å². The second kappa shape index (κ2) is 3.71. The molecule has 0 spiro atoms. The van der Waals surface area contributed by atoms with Gasteiger partial charge in [-0.05, 0) is 18.6 Å². The van der Waals surface area contributed by atoms with Gasteiger partial charge in [-0.25, -0.2) is 0 Å². The number of hydrogen-bond donors (Lipinski definition) is 1. The molecule has 0 bridgehead atoms. The highest BCUT2D eigenvalue weighted by atomic mass is 32.2. The zero-order valence-corrected chi connectivity index (χ0v) is 9.94. The van der Waals surface area contributed by atoms with Gasteiger partial charge in [0, 0.05) is 16.8 Å². The molecule has 3 nitrogen and oxygen atoms in total. The molecule has 0 saturated heterocycles. The van der Waals surface area contributed by atoms with E-state index in [0.29, 0.717) is 0 Å². The first kappa shape index (κ1) is 10.1. The summed E-state index contributed by atoms with van der Waals surface area (Å²) in [5, 5.41) is 9.44. The van der Waals surface area contributed by atoms with Gasteiger partial charge in [-0.15, -0.1) is 0 Å². The molecule has 1 aromatic carbocycles. The lowest BCUT2D eigenvalue weighted by atomic mass is 10.3. The largest absolute Gasteiger partial charge is 0.376 e. The number of benzene rings is 1. The Morgan fingerprint density at radius 1 is 1.38 bits per heavy atom. The Balaban J connectivity index is 2.01. The van der Waals surface area contributed by atoms with E-state index in [1.54, 1.807) is 11.8 Å². The van der Waals surface area contributed by atoms with Crippen molar-refractivity contribution in [2.45, 2.75) is 23.7 Å². The lowest BCUT2D eigenvalue weighted by molar-refractivity contribution is 0.138. The molecule has 84 valence electrons. The molecule has 0 radical (unpaired) electrons. The Kier molecular flexibility index (Phi) is 2.33. The Labute approximate surface area is 99.4 Å². The van der Waals surface area contributed by atoms with Crippen LogP contribution < -0.4 is 4.90 Å². The molecule has 3 rings (SSSR count). The summed E-state index contributed by atoms with van der Waals surface area (Å²) in [7, 11) is 0. The quantitative estimate of drug-likeness (QED) is 0.850. The Morgan fingerprint density at radius 2 is 2.19 bits per heavy atom. The van der Waals surface area contributed by atoms with Gasteiger partial charge in [-0.2, -0.15) is 0 Å². The van der Waals surface area contributed by atoms with Crippen molar-refractivity contribution in [3.05, 3.63) is 36.2 Å². The van der Waals surface area contributed by atoms with Crippen molar-refractivity contribution in [3.63, 3.8) is 0 Å². The van der Waals surface area contributed by atoms with Gasteiger partial charge in [-0.1, -0.05) is 30.8 Å². The van der Waals surface area contributed by atoms with E-state index in [4.69, 9.17) is 0 Å². The van der Waals surface area contributed by atoms with Crippen LogP contribution >= 0.6 is 11.8 Å². The van der Waals surface area contributed by atoms with Crippen LogP contribution in [0.4, 0.5) is 5.69 Å². The fourth-order valence-electron chi connectivity index (χ4n) is 2.24. The predicted molar refractivity (Wildman–Crippen MR) is 65.9 cm³/mol. The van der Waals surface area contributed by atoms with Crippen LogP contribution in [-0.2, 0) is 0 Å². The van der Waals surface area contributed by atoms with Crippen molar-refractivity contribution in [2.24, 2.45) is 0 Å². The lowest BCUT2D eigenvalue weighted by Gasteiger charge is -2.26. The monoisotopic (exact) mass is 234 g/mol. The number of allylic oxidation sites excluding steroid dienone is 1. The van der Waals surface area contributed by atoms with Crippen molar-refractivity contribution in [2.75, 3.05) is 11.6 Å². The van der Waals surface area contributed by atoms with E-state index < -0.39 is 0 Å². The fourth-order valence-corrected chi connectivity index (χ4v) is 3.53. The minimum atomic E-state index is 0.0851. The van der Waals surface area contributed by atoms with Gasteiger partial charge in [0.15, 0.2) is 5.50 Å². The Morgan fingerprint density at radius 3 is 2.94 bits per heavy atom. The van der Waals surface area contributed by atoms with Crippen LogP contribution in [0.15, 0.2) is 41.1 Å². The molecule has 1 N–H and O–H groups in total. The molecule has 0 fully saturated rings. The molecule has 0 aromatic heterocycles. The highest BCUT2D eigenvalue weighted by Gasteiger charge is 2.38. The zero-order chi connectivity index (χ0) is 11.1. The van der Waals surface area contributed by atoms with Gasteiger partial charge in [0.05, 0.1) is 5.69 Å². The summed E-state index contributed by atoms with van der Waals surface area (Å²) in [6, 6.07) is 8.38. The molecule has 1 atom stereocenters. The van der Waals surface area contributed by atoms with Crippen LogP contribution in [0.3, 0.4) is 0 Å². The molecule has 4 heteroatoms. The van der Waals surface area contributed by atoms with E-state index in [1.165, 1.54) is 16.3 Å². The Hall–Kier alpha value is -1.13. The first-order chi connectivity index (χ1) is 7.85. The molecule has 0 amide bonds. The van der Waals surface area contributed by atoms with Gasteiger partial charge in [0.25, 0.3) is 0 Å². The zero-order valence-electron chi connectivity index (χ0n) is 9.13. The molecular weight excluding hydrogens is 220 g/mol. The van der Waals surface area contributed by atoms with Gasteiger partial charge in [0.2, 0.25) is 0 Å². The average Bonchev–Trinajstić information content (AvgIpc) is 2.83. The highest BCUT2D eigenvalue weighted by Crippen LogP contribution is 2.48. The van der Waals surface area contributed by atoms with E-state index in [9.17, 15) is 5.11 Å². The summed E-state index contributed by atoms with van der Waals surface area (Å²) in [5.41, 5.74) is 2.66. The third-order valence-electron chi connectivity index (χ3n) is 3.05. The third-order valence-corrected chi connectivity index (χ3v) is 4.34. The van der Waals surface area contributed by atoms with Gasteiger partial charge >= 0.3 is 0 Å². The smallest absolute Gasteiger partial charge is 0.160 e. The van der Waals surface area contributed by atoms with Crippen LogP contribution in [0.2, 0.25) is 0 Å². The van der Waals surface area contributed by atoms with Crippen molar-refractivity contribution in [1.29, 1.82) is 0 Å². The van der Waals surface area contributed by atoms with E-state index in [2.05, 4.69) is 42.3 Å². The van der Waals surface area contributed by atoms with Crippen molar-refractivity contribution >= 4 is 17.4 Å². The molecule has 0 aliphatic carbocycles. The summed E-state index contributed by atoms with van der Waals surface area (Å²) in [6.45, 7) is 2.20. The standard InChI is InChI=1S/C12H14N2OS/c1-2-9-7-13-10-5-3-4-6-11(10)16-12(13)14(9)8-15/h3-7,12,15H,2,8H2,1H3. The van der Waals surface area contributed by atoms with Crippen molar-refractivity contribution in [3.8, 4) is 0 Å². The molecule has 1 aromatic rings. The molecule has 2 aliphatic heterocycles. The summed E-state index contributed by atoms with van der Waals surface area (Å²) in [6.07, 6.45) is 3.11. The summed E-state index contributed by atoms with van der Waals surface area (Å²) < 4.78 is 0. The highest BCUT2D eigenvalue weighted by molar-refractivity contribution is 8.00. The SMILES string of the molecule is CCC1=CN2c3ccccc3SC2N1CO.